The maximum atomic E-state index is 14.1. The molecule has 2 heterocycles. The van der Waals surface area contributed by atoms with E-state index in [0.717, 1.165) is 30.5 Å². The monoisotopic (exact) mass is 264 g/mol. The summed E-state index contributed by atoms with van der Waals surface area (Å²) in [6, 6.07) is 5.40. The van der Waals surface area contributed by atoms with E-state index in [1.54, 1.807) is 6.07 Å². The minimum Gasteiger partial charge on any atom is -0.494 e. The summed E-state index contributed by atoms with van der Waals surface area (Å²) in [6.45, 7) is 5.24. The van der Waals surface area contributed by atoms with Crippen LogP contribution in [0.2, 0.25) is 0 Å². The van der Waals surface area contributed by atoms with Gasteiger partial charge in [0.2, 0.25) is 0 Å². The molecule has 0 N–H and O–H groups in total. The van der Waals surface area contributed by atoms with Gasteiger partial charge in [-0.05, 0) is 24.9 Å². The average Bonchev–Trinajstić information content (AvgIpc) is 2.88. The van der Waals surface area contributed by atoms with Crippen molar-refractivity contribution in [3.8, 4) is 5.75 Å². The lowest BCUT2D eigenvalue weighted by molar-refractivity contribution is 0.268. The minimum absolute atomic E-state index is 0.209. The molecule has 2 fully saturated rings. The third kappa shape index (κ3) is 2.47. The zero-order chi connectivity index (χ0) is 13.4. The molecule has 0 saturated carbocycles. The first kappa shape index (κ1) is 12.9. The summed E-state index contributed by atoms with van der Waals surface area (Å²) >= 11 is 0. The summed E-state index contributed by atoms with van der Waals surface area (Å²) in [4.78, 5) is 4.78. The summed E-state index contributed by atoms with van der Waals surface area (Å²) in [6.07, 6.45) is 0. The molecular weight excluding hydrogens is 243 g/mol. The van der Waals surface area contributed by atoms with E-state index in [9.17, 15) is 4.39 Å². The summed E-state index contributed by atoms with van der Waals surface area (Å²) in [5.41, 5.74) is 0.743. The molecule has 0 radical (unpaired) electrons. The van der Waals surface area contributed by atoms with Crippen molar-refractivity contribution in [2.45, 2.75) is 6.54 Å². The van der Waals surface area contributed by atoms with Gasteiger partial charge in [-0.1, -0.05) is 12.1 Å². The number of rotatable bonds is 3. The van der Waals surface area contributed by atoms with Gasteiger partial charge in [0.25, 0.3) is 0 Å². The van der Waals surface area contributed by atoms with Gasteiger partial charge >= 0.3 is 0 Å². The minimum atomic E-state index is -0.209. The van der Waals surface area contributed by atoms with Gasteiger partial charge in [-0.25, -0.2) is 4.39 Å². The molecule has 2 aliphatic heterocycles. The van der Waals surface area contributed by atoms with Crippen molar-refractivity contribution >= 4 is 0 Å². The highest BCUT2D eigenvalue weighted by molar-refractivity contribution is 5.31. The van der Waals surface area contributed by atoms with Crippen LogP contribution < -0.4 is 4.74 Å². The highest BCUT2D eigenvalue weighted by atomic mass is 19.1. The molecule has 2 atom stereocenters. The maximum Gasteiger partial charge on any atom is 0.169 e. The van der Waals surface area contributed by atoms with Gasteiger partial charge in [0, 0.05) is 38.3 Å². The zero-order valence-electron chi connectivity index (χ0n) is 11.6. The zero-order valence-corrected chi connectivity index (χ0v) is 11.6. The fraction of sp³-hybridized carbons (Fsp3) is 0.600. The molecule has 19 heavy (non-hydrogen) atoms. The molecule has 3 rings (SSSR count). The number of halogens is 1. The molecule has 0 amide bonds. The quantitative estimate of drug-likeness (QED) is 0.828. The number of benzene rings is 1. The molecular formula is C15H21FN2O. The topological polar surface area (TPSA) is 15.7 Å². The lowest BCUT2D eigenvalue weighted by Crippen LogP contribution is -2.26. The molecule has 0 unspecified atom stereocenters. The van der Waals surface area contributed by atoms with E-state index >= 15 is 0 Å². The summed E-state index contributed by atoms with van der Waals surface area (Å²) in [5, 5.41) is 0. The highest BCUT2D eigenvalue weighted by Crippen LogP contribution is 2.31. The molecule has 1 aromatic carbocycles. The summed E-state index contributed by atoms with van der Waals surface area (Å²) < 4.78 is 19.2. The van der Waals surface area contributed by atoms with Crippen LogP contribution in [0.1, 0.15) is 5.56 Å². The Morgan fingerprint density at radius 2 is 1.89 bits per heavy atom. The first-order chi connectivity index (χ1) is 9.17. The number of hydrogen-bond acceptors (Lipinski definition) is 3. The van der Waals surface area contributed by atoms with Crippen LogP contribution in [0.3, 0.4) is 0 Å². The second kappa shape index (κ2) is 5.10. The van der Waals surface area contributed by atoms with Crippen molar-refractivity contribution in [1.29, 1.82) is 0 Å². The van der Waals surface area contributed by atoms with Crippen molar-refractivity contribution in [3.63, 3.8) is 0 Å². The van der Waals surface area contributed by atoms with E-state index in [-0.39, 0.29) is 5.82 Å². The predicted molar refractivity (Wildman–Crippen MR) is 72.7 cm³/mol. The number of likely N-dealkylation sites (tertiary alicyclic amines) is 2. The van der Waals surface area contributed by atoms with Crippen LogP contribution in [0.5, 0.6) is 5.75 Å². The fourth-order valence-corrected chi connectivity index (χ4v) is 3.53. The molecule has 3 nitrogen and oxygen atoms in total. The average molecular weight is 264 g/mol. The van der Waals surface area contributed by atoms with Gasteiger partial charge in [0.05, 0.1) is 7.11 Å². The second-order valence-electron chi connectivity index (χ2n) is 5.87. The Morgan fingerprint density at radius 3 is 2.53 bits per heavy atom. The van der Waals surface area contributed by atoms with Gasteiger partial charge in [-0.2, -0.15) is 0 Å². The number of fused-ring (bicyclic) bond motifs is 1. The smallest absolute Gasteiger partial charge is 0.169 e. The molecule has 4 heteroatoms. The van der Waals surface area contributed by atoms with Crippen molar-refractivity contribution in [2.75, 3.05) is 40.3 Å². The number of methoxy groups -OCH3 is 1. The normalized spacial score (nSPS) is 27.7. The van der Waals surface area contributed by atoms with E-state index in [4.69, 9.17) is 4.74 Å². The first-order valence-corrected chi connectivity index (χ1v) is 6.89. The standard InChI is InChI=1S/C15H21FN2O/c1-17-6-12-9-18(10-13(12)7-17)8-11-4-3-5-14(19-2)15(11)16/h3-5,12-13H,6-10H2,1-2H3/t12-,13+. The van der Waals surface area contributed by atoms with E-state index in [1.165, 1.54) is 20.2 Å². The van der Waals surface area contributed by atoms with Crippen LogP contribution in [0.4, 0.5) is 4.39 Å². The highest BCUT2D eigenvalue weighted by Gasteiger charge is 2.38. The Morgan fingerprint density at radius 1 is 1.21 bits per heavy atom. The van der Waals surface area contributed by atoms with E-state index in [0.29, 0.717) is 12.3 Å². The Kier molecular flexibility index (Phi) is 3.46. The fourth-order valence-electron chi connectivity index (χ4n) is 3.53. The Bertz CT molecular complexity index is 451. The van der Waals surface area contributed by atoms with E-state index in [1.807, 2.05) is 12.1 Å². The lowest BCUT2D eigenvalue weighted by Gasteiger charge is -2.19. The Labute approximate surface area is 114 Å². The third-order valence-corrected chi connectivity index (χ3v) is 4.40. The van der Waals surface area contributed by atoms with Gasteiger partial charge < -0.3 is 9.64 Å². The Hall–Kier alpha value is -1.13. The molecule has 0 aliphatic carbocycles. The van der Waals surface area contributed by atoms with E-state index < -0.39 is 0 Å². The summed E-state index contributed by atoms with van der Waals surface area (Å²) in [7, 11) is 3.70. The van der Waals surface area contributed by atoms with E-state index in [2.05, 4.69) is 16.8 Å². The maximum absolute atomic E-state index is 14.1. The second-order valence-corrected chi connectivity index (χ2v) is 5.87. The molecule has 0 spiro atoms. The molecule has 2 saturated heterocycles. The van der Waals surface area contributed by atoms with Crippen LogP contribution in [-0.2, 0) is 6.54 Å². The van der Waals surface area contributed by atoms with Crippen molar-refractivity contribution in [3.05, 3.63) is 29.6 Å². The summed E-state index contributed by atoms with van der Waals surface area (Å²) in [5.74, 6) is 1.66. The Balaban J connectivity index is 1.67. The van der Waals surface area contributed by atoms with Gasteiger partial charge in [0.15, 0.2) is 11.6 Å². The molecule has 2 aliphatic rings. The van der Waals surface area contributed by atoms with Crippen molar-refractivity contribution in [2.24, 2.45) is 11.8 Å². The van der Waals surface area contributed by atoms with Gasteiger partial charge in [-0.3, -0.25) is 4.90 Å². The van der Waals surface area contributed by atoms with Crippen LogP contribution >= 0.6 is 0 Å². The molecule has 0 aromatic heterocycles. The molecule has 1 aromatic rings. The molecule has 0 bridgehead atoms. The van der Waals surface area contributed by atoms with Gasteiger partial charge in [0.1, 0.15) is 0 Å². The first-order valence-electron chi connectivity index (χ1n) is 6.89. The van der Waals surface area contributed by atoms with Crippen LogP contribution in [0, 0.1) is 17.7 Å². The number of hydrogen-bond donors (Lipinski definition) is 0. The predicted octanol–water partition coefficient (Wildman–Crippen LogP) is 1.83. The van der Waals surface area contributed by atoms with Gasteiger partial charge in [-0.15, -0.1) is 0 Å². The van der Waals surface area contributed by atoms with Crippen LogP contribution in [0.25, 0.3) is 0 Å². The molecule has 104 valence electrons. The lowest BCUT2D eigenvalue weighted by atomic mass is 10.0. The number of ether oxygens (including phenoxy) is 1. The SMILES string of the molecule is COc1cccc(CN2C[C@H]3CN(C)C[C@H]3C2)c1F. The largest absolute Gasteiger partial charge is 0.494 e. The van der Waals surface area contributed by atoms with Crippen LogP contribution in [0.15, 0.2) is 18.2 Å². The van der Waals surface area contributed by atoms with Crippen molar-refractivity contribution in [1.82, 2.24) is 9.80 Å². The number of nitrogens with zero attached hydrogens (tertiary/aromatic N) is 2. The van der Waals surface area contributed by atoms with Crippen molar-refractivity contribution < 1.29 is 9.13 Å². The van der Waals surface area contributed by atoms with Crippen LogP contribution in [-0.4, -0.2) is 50.1 Å². The third-order valence-electron chi connectivity index (χ3n) is 4.40.